The molecule has 0 aliphatic carbocycles. The Labute approximate surface area is 124 Å². The third-order valence-electron chi connectivity index (χ3n) is 2.49. The van der Waals surface area contributed by atoms with Crippen molar-refractivity contribution in [2.45, 2.75) is 0 Å². The Morgan fingerprint density at radius 3 is 2.76 bits per heavy atom. The first-order valence-corrected chi connectivity index (χ1v) is 6.35. The van der Waals surface area contributed by atoms with Crippen LogP contribution < -0.4 is 10.1 Å². The number of anilines is 1. The molecule has 0 amide bonds. The lowest BCUT2D eigenvalue weighted by molar-refractivity contribution is 0.438. The van der Waals surface area contributed by atoms with Crippen LogP contribution in [0.3, 0.4) is 0 Å². The molecule has 0 spiro atoms. The molecule has 1 aromatic carbocycles. The predicted octanol–water partition coefficient (Wildman–Crippen LogP) is 1.94. The standard InChI is InChI=1S/C12H10ClN7O/c1-14-10-17-11(20-7-15-6-16-20)19-12(18-10)21-9-5-3-2-4-8(9)13/h2-7H,1H3,(H,14,17,18,19). The fourth-order valence-corrected chi connectivity index (χ4v) is 1.72. The van der Waals surface area contributed by atoms with Gasteiger partial charge in [0.25, 0.3) is 5.95 Å². The topological polar surface area (TPSA) is 90.6 Å². The van der Waals surface area contributed by atoms with E-state index in [9.17, 15) is 0 Å². The minimum absolute atomic E-state index is 0.105. The Bertz CT molecular complexity index is 747. The number of nitrogens with zero attached hydrogens (tertiary/aromatic N) is 6. The summed E-state index contributed by atoms with van der Waals surface area (Å²) in [7, 11) is 1.69. The number of rotatable bonds is 4. The number of halogens is 1. The number of hydrogen-bond donors (Lipinski definition) is 1. The van der Waals surface area contributed by atoms with Crippen molar-refractivity contribution in [3.63, 3.8) is 0 Å². The number of benzene rings is 1. The van der Waals surface area contributed by atoms with E-state index in [1.807, 2.05) is 6.07 Å². The van der Waals surface area contributed by atoms with Gasteiger partial charge in [0.1, 0.15) is 18.4 Å². The van der Waals surface area contributed by atoms with Crippen molar-refractivity contribution in [1.29, 1.82) is 0 Å². The summed E-state index contributed by atoms with van der Waals surface area (Å²) < 4.78 is 7.00. The molecule has 1 N–H and O–H groups in total. The van der Waals surface area contributed by atoms with Gasteiger partial charge in [0.15, 0.2) is 0 Å². The quantitative estimate of drug-likeness (QED) is 0.787. The lowest BCUT2D eigenvalue weighted by Crippen LogP contribution is -2.08. The van der Waals surface area contributed by atoms with E-state index in [4.69, 9.17) is 16.3 Å². The lowest BCUT2D eigenvalue weighted by Gasteiger charge is -2.08. The van der Waals surface area contributed by atoms with E-state index in [1.165, 1.54) is 17.3 Å². The second-order valence-electron chi connectivity index (χ2n) is 3.86. The Morgan fingerprint density at radius 2 is 2.05 bits per heavy atom. The van der Waals surface area contributed by atoms with E-state index in [0.717, 1.165) is 0 Å². The van der Waals surface area contributed by atoms with E-state index >= 15 is 0 Å². The molecule has 2 aromatic heterocycles. The van der Waals surface area contributed by atoms with Crippen molar-refractivity contribution in [2.75, 3.05) is 12.4 Å². The predicted molar refractivity (Wildman–Crippen MR) is 75.8 cm³/mol. The molecule has 9 heteroatoms. The van der Waals surface area contributed by atoms with Crippen LogP contribution in [0.4, 0.5) is 5.95 Å². The number of aromatic nitrogens is 6. The lowest BCUT2D eigenvalue weighted by atomic mass is 10.3. The van der Waals surface area contributed by atoms with Crippen molar-refractivity contribution >= 4 is 17.5 Å². The Hall–Kier alpha value is -2.74. The van der Waals surface area contributed by atoms with Crippen LogP contribution in [0, 0.1) is 0 Å². The summed E-state index contributed by atoms with van der Waals surface area (Å²) in [6, 6.07) is 7.16. The summed E-state index contributed by atoms with van der Waals surface area (Å²) >= 11 is 6.05. The summed E-state index contributed by atoms with van der Waals surface area (Å²) in [6.07, 6.45) is 2.87. The van der Waals surface area contributed by atoms with E-state index in [-0.39, 0.29) is 12.0 Å². The summed E-state index contributed by atoms with van der Waals surface area (Å²) in [5.41, 5.74) is 0. The van der Waals surface area contributed by atoms with Gasteiger partial charge in [-0.15, -0.1) is 0 Å². The fraction of sp³-hybridized carbons (Fsp3) is 0.0833. The molecule has 0 unspecified atom stereocenters. The molecule has 0 fully saturated rings. The molecule has 0 radical (unpaired) electrons. The van der Waals surface area contributed by atoms with Gasteiger partial charge in [-0.05, 0) is 12.1 Å². The number of hydrogen-bond acceptors (Lipinski definition) is 7. The van der Waals surface area contributed by atoms with Crippen LogP contribution in [-0.4, -0.2) is 36.8 Å². The summed E-state index contributed by atoms with van der Waals surface area (Å²) in [5.74, 6) is 1.09. The molecular weight excluding hydrogens is 294 g/mol. The third-order valence-corrected chi connectivity index (χ3v) is 2.80. The van der Waals surface area contributed by atoms with E-state index in [1.54, 1.807) is 25.2 Å². The molecule has 8 nitrogen and oxygen atoms in total. The zero-order valence-corrected chi connectivity index (χ0v) is 11.7. The van der Waals surface area contributed by atoms with Crippen molar-refractivity contribution in [2.24, 2.45) is 0 Å². The highest BCUT2D eigenvalue weighted by Crippen LogP contribution is 2.27. The summed E-state index contributed by atoms with van der Waals surface area (Å²) in [6.45, 7) is 0. The Morgan fingerprint density at radius 1 is 1.19 bits per heavy atom. The van der Waals surface area contributed by atoms with Crippen LogP contribution in [0.2, 0.25) is 5.02 Å². The zero-order valence-electron chi connectivity index (χ0n) is 10.9. The average Bonchev–Trinajstić information content (AvgIpc) is 3.04. The molecule has 2 heterocycles. The van der Waals surface area contributed by atoms with Crippen LogP contribution >= 0.6 is 11.6 Å². The molecule has 0 aliphatic heterocycles. The highest BCUT2D eigenvalue weighted by atomic mass is 35.5. The molecule has 106 valence electrons. The number of para-hydroxylation sites is 1. The van der Waals surface area contributed by atoms with Gasteiger partial charge in [-0.2, -0.15) is 24.7 Å². The van der Waals surface area contributed by atoms with E-state index in [0.29, 0.717) is 16.7 Å². The smallest absolute Gasteiger partial charge is 0.328 e. The second-order valence-corrected chi connectivity index (χ2v) is 4.27. The molecule has 21 heavy (non-hydrogen) atoms. The first-order chi connectivity index (χ1) is 10.3. The van der Waals surface area contributed by atoms with Crippen LogP contribution in [0.25, 0.3) is 5.95 Å². The number of ether oxygens (including phenoxy) is 1. The first-order valence-electron chi connectivity index (χ1n) is 5.97. The zero-order chi connectivity index (χ0) is 14.7. The van der Waals surface area contributed by atoms with Crippen LogP contribution in [0.5, 0.6) is 11.8 Å². The van der Waals surface area contributed by atoms with Gasteiger partial charge < -0.3 is 10.1 Å². The molecule has 0 atom stereocenters. The second kappa shape index (κ2) is 5.71. The van der Waals surface area contributed by atoms with E-state index in [2.05, 4.69) is 30.4 Å². The van der Waals surface area contributed by atoms with Gasteiger partial charge in [0, 0.05) is 7.05 Å². The van der Waals surface area contributed by atoms with Crippen molar-refractivity contribution < 1.29 is 4.74 Å². The van der Waals surface area contributed by atoms with Gasteiger partial charge in [-0.25, -0.2) is 4.98 Å². The maximum Gasteiger partial charge on any atom is 0.328 e. The highest BCUT2D eigenvalue weighted by Gasteiger charge is 2.11. The van der Waals surface area contributed by atoms with Crippen LogP contribution in [0.15, 0.2) is 36.9 Å². The molecule has 0 bridgehead atoms. The maximum atomic E-state index is 6.05. The molecule has 3 rings (SSSR count). The average molecular weight is 304 g/mol. The highest BCUT2D eigenvalue weighted by molar-refractivity contribution is 6.32. The van der Waals surface area contributed by atoms with Crippen LogP contribution in [0.1, 0.15) is 0 Å². The maximum absolute atomic E-state index is 6.05. The summed E-state index contributed by atoms with van der Waals surface area (Å²) in [5, 5.41) is 7.27. The minimum Gasteiger partial charge on any atom is -0.423 e. The Balaban J connectivity index is 1.99. The van der Waals surface area contributed by atoms with Crippen LogP contribution in [-0.2, 0) is 0 Å². The fourth-order valence-electron chi connectivity index (χ4n) is 1.54. The molecular formula is C12H10ClN7O. The van der Waals surface area contributed by atoms with Gasteiger partial charge in [-0.3, -0.25) is 0 Å². The monoisotopic (exact) mass is 303 g/mol. The van der Waals surface area contributed by atoms with Gasteiger partial charge in [0.05, 0.1) is 5.02 Å². The van der Waals surface area contributed by atoms with Gasteiger partial charge >= 0.3 is 6.01 Å². The normalized spacial score (nSPS) is 10.4. The Kier molecular flexibility index (Phi) is 3.61. The molecule has 0 saturated heterocycles. The van der Waals surface area contributed by atoms with Gasteiger partial charge in [0.2, 0.25) is 5.95 Å². The molecule has 0 saturated carbocycles. The molecule has 0 aliphatic rings. The number of nitrogens with one attached hydrogen (secondary N) is 1. The molecule has 3 aromatic rings. The SMILES string of the molecule is CNc1nc(Oc2ccccc2Cl)nc(-n2cncn2)n1. The largest absolute Gasteiger partial charge is 0.423 e. The minimum atomic E-state index is 0.105. The van der Waals surface area contributed by atoms with Gasteiger partial charge in [-0.1, -0.05) is 23.7 Å². The first kappa shape index (κ1) is 13.3. The van der Waals surface area contributed by atoms with Crippen molar-refractivity contribution in [3.8, 4) is 17.7 Å². The third kappa shape index (κ3) is 2.90. The van der Waals surface area contributed by atoms with E-state index < -0.39 is 0 Å². The van der Waals surface area contributed by atoms with Crippen molar-refractivity contribution in [3.05, 3.63) is 41.9 Å². The van der Waals surface area contributed by atoms with Crippen molar-refractivity contribution in [1.82, 2.24) is 29.7 Å². The summed E-state index contributed by atoms with van der Waals surface area (Å²) in [4.78, 5) is 16.3.